The Hall–Kier alpha value is -3.03. The Labute approximate surface area is 214 Å². The van der Waals surface area contributed by atoms with E-state index in [0.717, 1.165) is 4.90 Å². The van der Waals surface area contributed by atoms with Crippen LogP contribution in [0.3, 0.4) is 0 Å². The van der Waals surface area contributed by atoms with Gasteiger partial charge in [-0.1, -0.05) is 77.3 Å². The lowest BCUT2D eigenvalue weighted by molar-refractivity contribution is -0.127. The van der Waals surface area contributed by atoms with Crippen molar-refractivity contribution in [1.29, 1.82) is 0 Å². The van der Waals surface area contributed by atoms with E-state index in [1.54, 1.807) is 42.5 Å². The summed E-state index contributed by atoms with van der Waals surface area (Å²) in [7, 11) is 0. The van der Waals surface area contributed by atoms with E-state index < -0.39 is 46.9 Å². The highest BCUT2D eigenvalue weighted by molar-refractivity contribution is 6.45. The van der Waals surface area contributed by atoms with Crippen molar-refractivity contribution in [3.8, 4) is 0 Å². The third-order valence-electron chi connectivity index (χ3n) is 6.89. The highest BCUT2D eigenvalue weighted by Gasteiger charge is 2.74. The van der Waals surface area contributed by atoms with Gasteiger partial charge in [0.05, 0.1) is 33.7 Å². The van der Waals surface area contributed by atoms with E-state index in [0.29, 0.717) is 10.6 Å². The number of amides is 2. The van der Waals surface area contributed by atoms with Crippen LogP contribution in [0.2, 0.25) is 15.1 Å². The molecule has 174 valence electrons. The number of imide groups is 1. The second kappa shape index (κ2) is 7.73. The van der Waals surface area contributed by atoms with Gasteiger partial charge < -0.3 is 4.74 Å². The number of anilines is 1. The van der Waals surface area contributed by atoms with Gasteiger partial charge in [-0.2, -0.15) is 0 Å². The van der Waals surface area contributed by atoms with Crippen molar-refractivity contribution < 1.29 is 23.9 Å². The maximum atomic E-state index is 13.9. The van der Waals surface area contributed by atoms with Crippen LogP contribution >= 0.6 is 34.8 Å². The first-order valence-corrected chi connectivity index (χ1v) is 11.8. The van der Waals surface area contributed by atoms with Gasteiger partial charge in [0, 0.05) is 16.1 Å². The van der Waals surface area contributed by atoms with Gasteiger partial charge >= 0.3 is 0 Å². The zero-order valence-corrected chi connectivity index (χ0v) is 20.0. The van der Waals surface area contributed by atoms with Gasteiger partial charge in [-0.25, -0.2) is 4.90 Å². The molecule has 0 saturated carbocycles. The molecule has 3 aliphatic rings. The minimum atomic E-state index is -2.16. The van der Waals surface area contributed by atoms with E-state index >= 15 is 0 Å². The number of carbonyl (C=O) groups is 4. The van der Waals surface area contributed by atoms with Gasteiger partial charge in [-0.3, -0.25) is 19.2 Å². The van der Waals surface area contributed by atoms with Crippen molar-refractivity contribution in [3.63, 3.8) is 0 Å². The van der Waals surface area contributed by atoms with E-state index in [1.807, 2.05) is 0 Å². The average molecular weight is 527 g/mol. The summed E-state index contributed by atoms with van der Waals surface area (Å²) in [5.74, 6) is -5.15. The van der Waals surface area contributed by atoms with Crippen LogP contribution in [0.1, 0.15) is 32.4 Å². The van der Waals surface area contributed by atoms with Crippen LogP contribution in [0.25, 0.3) is 0 Å². The second-order valence-corrected chi connectivity index (χ2v) is 9.84. The highest BCUT2D eigenvalue weighted by Crippen LogP contribution is 2.58. The number of fused-ring (bicyclic) bond motifs is 3. The molecule has 0 radical (unpaired) electrons. The third kappa shape index (κ3) is 2.88. The molecular weight excluding hydrogens is 513 g/mol. The fourth-order valence-electron chi connectivity index (χ4n) is 5.37. The summed E-state index contributed by atoms with van der Waals surface area (Å²) in [6.07, 6.45) is -1.04. The molecule has 6 nitrogen and oxygen atoms in total. The zero-order chi connectivity index (χ0) is 24.6. The number of hydrogen-bond donors (Lipinski definition) is 0. The van der Waals surface area contributed by atoms with Crippen molar-refractivity contribution in [2.75, 3.05) is 4.90 Å². The summed E-state index contributed by atoms with van der Waals surface area (Å²) in [4.78, 5) is 56.1. The van der Waals surface area contributed by atoms with E-state index in [9.17, 15) is 19.2 Å². The molecule has 2 heterocycles. The average Bonchev–Trinajstić information content (AvgIpc) is 3.42. The third-order valence-corrected chi connectivity index (χ3v) is 7.95. The van der Waals surface area contributed by atoms with Crippen LogP contribution in [-0.2, 0) is 14.3 Å². The fourth-order valence-corrected chi connectivity index (χ4v) is 5.88. The number of nitrogens with zero attached hydrogens (tertiary/aromatic N) is 1. The summed E-state index contributed by atoms with van der Waals surface area (Å²) in [5.41, 5.74) is -1.24. The van der Waals surface area contributed by atoms with Crippen molar-refractivity contribution >= 4 is 63.9 Å². The lowest BCUT2D eigenvalue weighted by atomic mass is 9.77. The maximum absolute atomic E-state index is 13.9. The number of carbonyl (C=O) groups excluding carboxylic acids is 4. The summed E-state index contributed by atoms with van der Waals surface area (Å²) >= 11 is 18.5. The van der Waals surface area contributed by atoms with Gasteiger partial charge in [0.25, 0.3) is 0 Å². The van der Waals surface area contributed by atoms with Crippen molar-refractivity contribution in [1.82, 2.24) is 0 Å². The number of rotatable bonds is 2. The van der Waals surface area contributed by atoms with E-state index in [4.69, 9.17) is 39.5 Å². The second-order valence-electron chi connectivity index (χ2n) is 8.62. The van der Waals surface area contributed by atoms with Gasteiger partial charge in [-0.15, -0.1) is 0 Å². The molecule has 2 fully saturated rings. The standard InChI is InChI=1S/C26H14Cl3NO5/c27-13-10-8-12(9-11-13)21-18-19(25(34)30(24(18)33)17-7-3-6-16(28)20(17)29)26(35-21)22(31)14-4-1-2-5-15(14)23(26)32/h1-11,18-19,21H/t18-,19-,21+/m0/s1. The fraction of sp³-hybridized carbons (Fsp3) is 0.154. The van der Waals surface area contributed by atoms with Gasteiger partial charge in [0.15, 0.2) is 0 Å². The largest absolute Gasteiger partial charge is 0.349 e. The van der Waals surface area contributed by atoms with Crippen molar-refractivity contribution in [2.45, 2.75) is 11.7 Å². The molecule has 2 saturated heterocycles. The first-order chi connectivity index (χ1) is 16.8. The molecule has 3 aromatic carbocycles. The van der Waals surface area contributed by atoms with Crippen molar-refractivity contribution in [2.24, 2.45) is 11.8 Å². The molecule has 3 aromatic rings. The minimum absolute atomic E-state index is 0.0150. The van der Waals surface area contributed by atoms with Crippen LogP contribution in [0.5, 0.6) is 0 Å². The predicted octanol–water partition coefficient (Wildman–Crippen LogP) is 5.34. The molecule has 0 aromatic heterocycles. The maximum Gasteiger partial charge on any atom is 0.241 e. The molecule has 9 heteroatoms. The Morgan fingerprint density at radius 3 is 2.00 bits per heavy atom. The zero-order valence-electron chi connectivity index (χ0n) is 17.7. The molecule has 35 heavy (non-hydrogen) atoms. The molecule has 3 atom stereocenters. The molecule has 6 rings (SSSR count). The normalized spacial score (nSPS) is 24.4. The number of halogens is 3. The number of ketones is 2. The molecule has 1 spiro atoms. The van der Waals surface area contributed by atoms with Crippen LogP contribution in [0.15, 0.2) is 66.7 Å². The Bertz CT molecular complexity index is 1430. The van der Waals surface area contributed by atoms with Crippen LogP contribution in [0, 0.1) is 11.8 Å². The van der Waals surface area contributed by atoms with Crippen LogP contribution < -0.4 is 4.90 Å². The molecule has 2 amide bonds. The molecule has 0 bridgehead atoms. The highest BCUT2D eigenvalue weighted by atomic mass is 35.5. The van der Waals surface area contributed by atoms with Crippen LogP contribution in [-0.4, -0.2) is 29.0 Å². The number of ether oxygens (including phenoxy) is 1. The number of hydrogen-bond acceptors (Lipinski definition) is 5. The molecule has 0 unspecified atom stereocenters. The van der Waals surface area contributed by atoms with E-state index in [-0.39, 0.29) is 26.9 Å². The van der Waals surface area contributed by atoms with Gasteiger partial charge in [0.2, 0.25) is 29.0 Å². The summed E-state index contributed by atoms with van der Waals surface area (Å²) in [5, 5.41) is 0.628. The Morgan fingerprint density at radius 1 is 0.743 bits per heavy atom. The van der Waals surface area contributed by atoms with E-state index in [2.05, 4.69) is 0 Å². The smallest absolute Gasteiger partial charge is 0.241 e. The van der Waals surface area contributed by atoms with E-state index in [1.165, 1.54) is 24.3 Å². The number of Topliss-reactive ketones (excluding diaryl/α,β-unsaturated/α-hetero) is 2. The Morgan fingerprint density at radius 2 is 1.37 bits per heavy atom. The monoisotopic (exact) mass is 525 g/mol. The summed E-state index contributed by atoms with van der Waals surface area (Å²) in [6.45, 7) is 0. The molecule has 1 aliphatic carbocycles. The predicted molar refractivity (Wildman–Crippen MR) is 129 cm³/mol. The Kier molecular flexibility index (Phi) is 4.96. The topological polar surface area (TPSA) is 80.8 Å². The minimum Gasteiger partial charge on any atom is -0.349 e. The Balaban J connectivity index is 1.56. The van der Waals surface area contributed by atoms with Crippen molar-refractivity contribution in [3.05, 3.63) is 98.5 Å². The first-order valence-electron chi connectivity index (χ1n) is 10.7. The lowest BCUT2D eigenvalue weighted by Crippen LogP contribution is -2.51. The molecule has 0 N–H and O–H groups in total. The summed E-state index contributed by atoms with van der Waals surface area (Å²) < 4.78 is 6.22. The SMILES string of the molecule is O=C1[C@@H]2[C@@H](c3ccc(Cl)cc3)OC3(C(=O)c4ccccc4C3=O)[C@@H]2C(=O)N1c1cccc(Cl)c1Cl. The first kappa shape index (κ1) is 22.4. The summed E-state index contributed by atoms with van der Waals surface area (Å²) in [6, 6.07) is 17.4. The quantitative estimate of drug-likeness (QED) is 0.333. The van der Waals surface area contributed by atoms with Gasteiger partial charge in [-0.05, 0) is 29.8 Å². The number of benzene rings is 3. The molecule has 2 aliphatic heterocycles. The van der Waals surface area contributed by atoms with Gasteiger partial charge in [0.1, 0.15) is 0 Å². The van der Waals surface area contributed by atoms with Crippen LogP contribution in [0.4, 0.5) is 5.69 Å². The molecular formula is C26H14Cl3NO5. The lowest BCUT2D eigenvalue weighted by Gasteiger charge is -2.27.